The van der Waals surface area contributed by atoms with Crippen molar-refractivity contribution in [2.75, 3.05) is 14.2 Å². The Morgan fingerprint density at radius 2 is 2.14 bits per heavy atom. The van der Waals surface area contributed by atoms with Gasteiger partial charge in [-0.1, -0.05) is 11.6 Å². The Morgan fingerprint density at radius 1 is 1.50 bits per heavy atom. The van der Waals surface area contributed by atoms with Crippen molar-refractivity contribution in [1.29, 1.82) is 0 Å². The van der Waals surface area contributed by atoms with Gasteiger partial charge < -0.3 is 10.1 Å². The van der Waals surface area contributed by atoms with Crippen molar-refractivity contribution in [1.82, 2.24) is 5.32 Å². The molecule has 14 heavy (non-hydrogen) atoms. The molecule has 0 saturated carbocycles. The second-order valence-corrected chi connectivity index (χ2v) is 3.90. The molecule has 0 aliphatic heterocycles. The number of nitrogens with one attached hydrogen (secondary N) is 1. The van der Waals surface area contributed by atoms with Crippen LogP contribution in [0, 0.1) is 0 Å². The first-order valence-electron chi connectivity index (χ1n) is 3.85. The van der Waals surface area contributed by atoms with Crippen molar-refractivity contribution in [3.8, 4) is 5.75 Å². The lowest BCUT2D eigenvalue weighted by atomic mass is 10.2. The van der Waals surface area contributed by atoms with Crippen LogP contribution < -0.4 is 10.1 Å². The van der Waals surface area contributed by atoms with Gasteiger partial charge in [0.25, 0.3) is 0 Å². The van der Waals surface area contributed by atoms with E-state index in [1.807, 2.05) is 19.2 Å². The number of hydrogen-bond acceptors (Lipinski definition) is 2. The lowest BCUT2D eigenvalue weighted by molar-refractivity contribution is 0.406. The van der Waals surface area contributed by atoms with E-state index in [1.54, 1.807) is 7.11 Å². The maximum Gasteiger partial charge on any atom is 0.137 e. The summed E-state index contributed by atoms with van der Waals surface area (Å²) in [5, 5.41) is 3.76. The van der Waals surface area contributed by atoms with Gasteiger partial charge in [0.15, 0.2) is 0 Å². The van der Waals surface area contributed by atoms with E-state index in [0.29, 0.717) is 5.02 Å². The molecule has 5 heteroatoms. The number of ether oxygens (including phenoxy) is 1. The standard InChI is InChI=1S/C9H11BrClNO.ClH/c1-12-5-6-3-7(11)4-8(10)9(6)13-2;/h3-4,12H,5H2,1-2H3;1H. The molecule has 1 N–H and O–H groups in total. The fourth-order valence-corrected chi connectivity index (χ4v) is 2.20. The SMILES string of the molecule is CNCc1cc(Cl)cc(Br)c1OC.Cl. The van der Waals surface area contributed by atoms with E-state index in [1.165, 1.54) is 0 Å². The highest BCUT2D eigenvalue weighted by molar-refractivity contribution is 9.10. The van der Waals surface area contributed by atoms with E-state index in [0.717, 1.165) is 22.3 Å². The number of rotatable bonds is 3. The zero-order chi connectivity index (χ0) is 9.84. The van der Waals surface area contributed by atoms with Crippen LogP contribution in [0.15, 0.2) is 16.6 Å². The fourth-order valence-electron chi connectivity index (χ4n) is 1.16. The van der Waals surface area contributed by atoms with Crippen molar-refractivity contribution >= 4 is 39.9 Å². The summed E-state index contributed by atoms with van der Waals surface area (Å²) in [5.74, 6) is 0.832. The van der Waals surface area contributed by atoms with Crippen LogP contribution in [-0.2, 0) is 6.54 Å². The molecule has 0 bridgehead atoms. The lowest BCUT2D eigenvalue weighted by Gasteiger charge is -2.10. The third kappa shape index (κ3) is 3.31. The van der Waals surface area contributed by atoms with E-state index in [2.05, 4.69) is 21.2 Å². The molecule has 0 amide bonds. The largest absolute Gasteiger partial charge is 0.495 e. The number of benzene rings is 1. The second-order valence-electron chi connectivity index (χ2n) is 2.61. The van der Waals surface area contributed by atoms with Gasteiger partial charge in [-0.2, -0.15) is 0 Å². The van der Waals surface area contributed by atoms with E-state index in [4.69, 9.17) is 16.3 Å². The van der Waals surface area contributed by atoms with Gasteiger partial charge in [-0.05, 0) is 35.1 Å². The Balaban J connectivity index is 0.00000169. The molecule has 0 heterocycles. The van der Waals surface area contributed by atoms with Crippen LogP contribution in [-0.4, -0.2) is 14.2 Å². The number of hydrogen-bond donors (Lipinski definition) is 1. The summed E-state index contributed by atoms with van der Waals surface area (Å²) in [7, 11) is 3.53. The van der Waals surface area contributed by atoms with E-state index >= 15 is 0 Å². The van der Waals surface area contributed by atoms with E-state index in [9.17, 15) is 0 Å². The third-order valence-electron chi connectivity index (χ3n) is 1.66. The van der Waals surface area contributed by atoms with Gasteiger partial charge in [0, 0.05) is 17.1 Å². The average molecular weight is 301 g/mol. The van der Waals surface area contributed by atoms with Crippen molar-refractivity contribution in [3.63, 3.8) is 0 Å². The molecule has 0 atom stereocenters. The van der Waals surface area contributed by atoms with Crippen molar-refractivity contribution in [3.05, 3.63) is 27.2 Å². The van der Waals surface area contributed by atoms with Gasteiger partial charge in [-0.15, -0.1) is 12.4 Å². The molecule has 0 radical (unpaired) electrons. The van der Waals surface area contributed by atoms with Gasteiger partial charge in [-0.25, -0.2) is 0 Å². The van der Waals surface area contributed by atoms with E-state index < -0.39 is 0 Å². The minimum atomic E-state index is 0. The molecule has 1 rings (SSSR count). The predicted octanol–water partition coefficient (Wildman–Crippen LogP) is 3.25. The minimum Gasteiger partial charge on any atom is -0.495 e. The number of methoxy groups -OCH3 is 1. The van der Waals surface area contributed by atoms with Crippen molar-refractivity contribution < 1.29 is 4.74 Å². The highest BCUT2D eigenvalue weighted by atomic mass is 79.9. The molecule has 80 valence electrons. The maximum absolute atomic E-state index is 5.90. The first kappa shape index (κ1) is 14.0. The molecule has 0 aliphatic carbocycles. The monoisotopic (exact) mass is 299 g/mol. The molecule has 1 aromatic carbocycles. The quantitative estimate of drug-likeness (QED) is 0.925. The minimum absolute atomic E-state index is 0. The summed E-state index contributed by atoms with van der Waals surface area (Å²) in [6, 6.07) is 3.71. The van der Waals surface area contributed by atoms with Gasteiger partial charge in [0.2, 0.25) is 0 Å². The molecule has 0 aliphatic rings. The summed E-state index contributed by atoms with van der Waals surface area (Å²) in [5.41, 5.74) is 1.05. The van der Waals surface area contributed by atoms with Gasteiger partial charge in [-0.3, -0.25) is 0 Å². The summed E-state index contributed by atoms with van der Waals surface area (Å²) in [6.07, 6.45) is 0. The fraction of sp³-hybridized carbons (Fsp3) is 0.333. The lowest BCUT2D eigenvalue weighted by Crippen LogP contribution is -2.06. The van der Waals surface area contributed by atoms with Gasteiger partial charge >= 0.3 is 0 Å². The summed E-state index contributed by atoms with van der Waals surface area (Å²) in [4.78, 5) is 0. The van der Waals surface area contributed by atoms with Crippen LogP contribution in [0.5, 0.6) is 5.75 Å². The Bertz CT molecular complexity index is 307. The van der Waals surface area contributed by atoms with Crippen molar-refractivity contribution in [2.45, 2.75) is 6.54 Å². The molecule has 0 spiro atoms. The van der Waals surface area contributed by atoms with Gasteiger partial charge in [0.05, 0.1) is 11.6 Å². The Morgan fingerprint density at radius 3 is 2.64 bits per heavy atom. The molecular formula is C9H12BrCl2NO. The summed E-state index contributed by atoms with van der Waals surface area (Å²) >= 11 is 9.29. The maximum atomic E-state index is 5.90. The van der Waals surface area contributed by atoms with Crippen LogP contribution in [0.4, 0.5) is 0 Å². The Hall–Kier alpha value is 0.0400. The van der Waals surface area contributed by atoms with Crippen LogP contribution in [0.25, 0.3) is 0 Å². The third-order valence-corrected chi connectivity index (χ3v) is 2.46. The second kappa shape index (κ2) is 6.51. The number of halogens is 3. The zero-order valence-corrected chi connectivity index (χ0v) is 11.1. The van der Waals surface area contributed by atoms with Crippen LogP contribution in [0.1, 0.15) is 5.56 Å². The molecule has 0 fully saturated rings. The normalized spacial score (nSPS) is 9.43. The topological polar surface area (TPSA) is 21.3 Å². The Kier molecular flexibility index (Phi) is 6.53. The van der Waals surface area contributed by atoms with Crippen LogP contribution in [0.2, 0.25) is 5.02 Å². The molecular weight excluding hydrogens is 289 g/mol. The molecule has 0 saturated heterocycles. The summed E-state index contributed by atoms with van der Waals surface area (Å²) in [6.45, 7) is 0.738. The highest BCUT2D eigenvalue weighted by Crippen LogP contribution is 2.32. The summed E-state index contributed by atoms with van der Waals surface area (Å²) < 4.78 is 6.12. The molecule has 2 nitrogen and oxygen atoms in total. The first-order valence-corrected chi connectivity index (χ1v) is 5.02. The first-order chi connectivity index (χ1) is 6.19. The van der Waals surface area contributed by atoms with E-state index in [-0.39, 0.29) is 12.4 Å². The van der Waals surface area contributed by atoms with Crippen LogP contribution in [0.3, 0.4) is 0 Å². The Labute approximate surface area is 104 Å². The molecule has 1 aromatic rings. The average Bonchev–Trinajstić information content (AvgIpc) is 2.04. The van der Waals surface area contributed by atoms with Gasteiger partial charge in [0.1, 0.15) is 5.75 Å². The zero-order valence-electron chi connectivity index (χ0n) is 7.93. The van der Waals surface area contributed by atoms with Crippen LogP contribution >= 0.6 is 39.9 Å². The van der Waals surface area contributed by atoms with Crippen molar-refractivity contribution in [2.24, 2.45) is 0 Å². The highest BCUT2D eigenvalue weighted by Gasteiger charge is 2.07. The molecule has 0 unspecified atom stereocenters. The predicted molar refractivity (Wildman–Crippen MR) is 65.7 cm³/mol. The molecule has 0 aromatic heterocycles. The smallest absolute Gasteiger partial charge is 0.137 e.